The number of halogens is 2. The molecular weight excluding hydrogens is 285 g/mol. The lowest BCUT2D eigenvalue weighted by Gasteiger charge is -2.21. The molecule has 2 rings (SSSR count). The van der Waals surface area contributed by atoms with Gasteiger partial charge in [0.05, 0.1) is 6.54 Å². The lowest BCUT2D eigenvalue weighted by Crippen LogP contribution is -2.31. The quantitative estimate of drug-likeness (QED) is 0.850. The summed E-state index contributed by atoms with van der Waals surface area (Å²) in [5.74, 6) is -2.12. The van der Waals surface area contributed by atoms with Gasteiger partial charge in [-0.15, -0.1) is 0 Å². The number of rotatable bonds is 5. The van der Waals surface area contributed by atoms with Crippen LogP contribution in [0.1, 0.15) is 18.4 Å². The van der Waals surface area contributed by atoms with Crippen molar-refractivity contribution in [1.29, 1.82) is 0 Å². The predicted molar refractivity (Wildman–Crippen MR) is 71.8 cm³/mol. The molecule has 1 amide bonds. The number of amides is 1. The maximum Gasteiger partial charge on any atom is 0.328 e. The van der Waals surface area contributed by atoms with Gasteiger partial charge >= 0.3 is 5.97 Å². The van der Waals surface area contributed by atoms with Crippen LogP contribution in [0, 0.1) is 5.82 Å². The van der Waals surface area contributed by atoms with Gasteiger partial charge in [0.25, 0.3) is 0 Å². The highest BCUT2D eigenvalue weighted by atomic mass is 35.5. The SMILES string of the molecule is O=C(O)/C=C/C(=O)N(Cc1c(F)cccc1Cl)C1CC1. The summed E-state index contributed by atoms with van der Waals surface area (Å²) in [6, 6.07) is 4.36. The first kappa shape index (κ1) is 14.5. The van der Waals surface area contributed by atoms with Gasteiger partial charge in [-0.25, -0.2) is 9.18 Å². The van der Waals surface area contributed by atoms with Crippen LogP contribution in [0.3, 0.4) is 0 Å². The molecule has 0 bridgehead atoms. The van der Waals surface area contributed by atoms with Crippen molar-refractivity contribution in [3.8, 4) is 0 Å². The maximum atomic E-state index is 13.7. The second-order valence-corrected chi connectivity index (χ2v) is 4.98. The first-order chi connectivity index (χ1) is 9.49. The third-order valence-corrected chi connectivity index (χ3v) is 3.38. The summed E-state index contributed by atoms with van der Waals surface area (Å²) in [6.45, 7) is 0.0406. The molecule has 0 atom stereocenters. The number of carbonyl (C=O) groups excluding carboxylic acids is 1. The van der Waals surface area contributed by atoms with Gasteiger partial charge < -0.3 is 10.0 Å². The molecule has 1 saturated carbocycles. The van der Waals surface area contributed by atoms with E-state index in [4.69, 9.17) is 16.7 Å². The van der Waals surface area contributed by atoms with Gasteiger partial charge in [-0.1, -0.05) is 17.7 Å². The zero-order valence-electron chi connectivity index (χ0n) is 10.6. The first-order valence-electron chi connectivity index (χ1n) is 6.13. The summed E-state index contributed by atoms with van der Waals surface area (Å²) in [4.78, 5) is 23.9. The van der Waals surface area contributed by atoms with Crippen molar-refractivity contribution in [2.75, 3.05) is 0 Å². The third-order valence-electron chi connectivity index (χ3n) is 3.03. The Balaban J connectivity index is 2.18. The van der Waals surface area contributed by atoms with Gasteiger partial charge in [0.2, 0.25) is 5.91 Å². The van der Waals surface area contributed by atoms with E-state index in [0.29, 0.717) is 0 Å². The molecule has 1 fully saturated rings. The zero-order chi connectivity index (χ0) is 14.7. The van der Waals surface area contributed by atoms with Crippen LogP contribution in [0.2, 0.25) is 5.02 Å². The van der Waals surface area contributed by atoms with Crippen LogP contribution in [0.5, 0.6) is 0 Å². The van der Waals surface area contributed by atoms with Crippen LogP contribution >= 0.6 is 11.6 Å². The molecule has 20 heavy (non-hydrogen) atoms. The minimum absolute atomic E-state index is 0.0246. The Labute approximate surface area is 120 Å². The number of carboxylic acid groups (broad SMARTS) is 1. The van der Waals surface area contributed by atoms with E-state index in [1.165, 1.54) is 17.0 Å². The smallest absolute Gasteiger partial charge is 0.328 e. The van der Waals surface area contributed by atoms with E-state index in [1.807, 2.05) is 0 Å². The number of benzene rings is 1. The van der Waals surface area contributed by atoms with E-state index in [9.17, 15) is 14.0 Å². The van der Waals surface area contributed by atoms with Crippen LogP contribution in [0.15, 0.2) is 30.4 Å². The van der Waals surface area contributed by atoms with Crippen LogP contribution in [-0.2, 0) is 16.1 Å². The number of hydrogen-bond acceptors (Lipinski definition) is 2. The predicted octanol–water partition coefficient (Wildman–Crippen LogP) is 2.61. The average molecular weight is 298 g/mol. The molecule has 0 spiro atoms. The fraction of sp³-hybridized carbons (Fsp3) is 0.286. The summed E-state index contributed by atoms with van der Waals surface area (Å²) in [5, 5.41) is 8.79. The summed E-state index contributed by atoms with van der Waals surface area (Å²) in [5.41, 5.74) is 0.248. The standard InChI is InChI=1S/C14H13ClFNO3/c15-11-2-1-3-12(16)10(11)8-17(9-4-5-9)13(18)6-7-14(19)20/h1-3,6-7,9H,4-5,8H2,(H,19,20)/b7-6+. The van der Waals surface area contributed by atoms with Gasteiger partial charge in [-0.3, -0.25) is 4.79 Å². The van der Waals surface area contributed by atoms with Gasteiger partial charge in [0.15, 0.2) is 0 Å². The van der Waals surface area contributed by atoms with Crippen molar-refractivity contribution >= 4 is 23.5 Å². The number of carbonyl (C=O) groups is 2. The molecule has 1 aromatic rings. The molecule has 6 heteroatoms. The van der Waals surface area contributed by atoms with Crippen LogP contribution in [0.25, 0.3) is 0 Å². The Hall–Kier alpha value is -1.88. The molecular formula is C14H13ClFNO3. The van der Waals surface area contributed by atoms with Gasteiger partial charge in [-0.2, -0.15) is 0 Å². The lowest BCUT2D eigenvalue weighted by atomic mass is 10.2. The highest BCUT2D eigenvalue weighted by Gasteiger charge is 2.32. The molecule has 1 aliphatic carbocycles. The van der Waals surface area contributed by atoms with Crippen LogP contribution in [0.4, 0.5) is 4.39 Å². The summed E-state index contributed by atoms with van der Waals surface area (Å²) >= 11 is 5.94. The van der Waals surface area contributed by atoms with Crippen molar-refractivity contribution in [3.05, 3.63) is 46.8 Å². The Morgan fingerprint density at radius 3 is 2.65 bits per heavy atom. The number of hydrogen-bond donors (Lipinski definition) is 1. The highest BCUT2D eigenvalue weighted by Crippen LogP contribution is 2.30. The van der Waals surface area contributed by atoms with E-state index in [2.05, 4.69) is 0 Å². The molecule has 1 aromatic carbocycles. The molecule has 0 unspecified atom stereocenters. The van der Waals surface area contributed by atoms with Crippen molar-refractivity contribution in [1.82, 2.24) is 4.90 Å². The molecule has 1 N–H and O–H groups in total. The van der Waals surface area contributed by atoms with E-state index in [0.717, 1.165) is 25.0 Å². The van der Waals surface area contributed by atoms with Crippen molar-refractivity contribution < 1.29 is 19.1 Å². The summed E-state index contributed by atoms with van der Waals surface area (Å²) in [6.07, 6.45) is 3.42. The Morgan fingerprint density at radius 1 is 1.40 bits per heavy atom. The van der Waals surface area contributed by atoms with Crippen LogP contribution < -0.4 is 0 Å². The fourth-order valence-corrected chi connectivity index (χ4v) is 2.09. The Bertz CT molecular complexity index is 549. The third kappa shape index (κ3) is 3.57. The molecule has 0 aromatic heterocycles. The summed E-state index contributed by atoms with van der Waals surface area (Å²) < 4.78 is 13.7. The van der Waals surface area contributed by atoms with Crippen LogP contribution in [-0.4, -0.2) is 27.9 Å². The molecule has 0 heterocycles. The average Bonchev–Trinajstić information content (AvgIpc) is 3.20. The van der Waals surface area contributed by atoms with Gasteiger partial charge in [0, 0.05) is 28.8 Å². The van der Waals surface area contributed by atoms with Gasteiger partial charge in [-0.05, 0) is 25.0 Å². The molecule has 106 valence electrons. The molecule has 4 nitrogen and oxygen atoms in total. The minimum Gasteiger partial charge on any atom is -0.478 e. The number of nitrogens with zero attached hydrogens (tertiary/aromatic N) is 1. The summed E-state index contributed by atoms with van der Waals surface area (Å²) in [7, 11) is 0. The molecule has 1 aliphatic rings. The van der Waals surface area contributed by atoms with Crippen molar-refractivity contribution in [2.45, 2.75) is 25.4 Å². The number of aliphatic carboxylic acids is 1. The monoisotopic (exact) mass is 297 g/mol. The zero-order valence-corrected chi connectivity index (χ0v) is 11.3. The second kappa shape index (κ2) is 6.05. The van der Waals surface area contributed by atoms with E-state index in [-0.39, 0.29) is 23.2 Å². The van der Waals surface area contributed by atoms with Crippen molar-refractivity contribution in [2.24, 2.45) is 0 Å². The van der Waals surface area contributed by atoms with Gasteiger partial charge in [0.1, 0.15) is 5.82 Å². The largest absolute Gasteiger partial charge is 0.478 e. The first-order valence-corrected chi connectivity index (χ1v) is 6.51. The van der Waals surface area contributed by atoms with Crippen molar-refractivity contribution in [3.63, 3.8) is 0 Å². The minimum atomic E-state index is -1.20. The molecule has 0 saturated heterocycles. The highest BCUT2D eigenvalue weighted by molar-refractivity contribution is 6.31. The normalized spacial score (nSPS) is 14.5. The van der Waals surface area contributed by atoms with E-state index in [1.54, 1.807) is 6.07 Å². The number of carboxylic acids is 1. The molecule has 0 aliphatic heterocycles. The molecule has 0 radical (unpaired) electrons. The Morgan fingerprint density at radius 2 is 2.10 bits per heavy atom. The fourth-order valence-electron chi connectivity index (χ4n) is 1.87. The van der Waals surface area contributed by atoms with E-state index >= 15 is 0 Å². The Kier molecular flexibility index (Phi) is 4.39. The topological polar surface area (TPSA) is 57.6 Å². The van der Waals surface area contributed by atoms with E-state index < -0.39 is 17.7 Å². The second-order valence-electron chi connectivity index (χ2n) is 4.57. The maximum absolute atomic E-state index is 13.7. The lowest BCUT2D eigenvalue weighted by molar-refractivity contribution is -0.132.